The highest BCUT2D eigenvalue weighted by Crippen LogP contribution is 2.44. The fourth-order valence-corrected chi connectivity index (χ4v) is 3.30. The molecule has 2 nitrogen and oxygen atoms in total. The average molecular weight is 225 g/mol. The monoisotopic (exact) mass is 225 g/mol. The van der Waals surface area contributed by atoms with Crippen molar-refractivity contribution in [1.82, 2.24) is 0 Å². The van der Waals surface area contributed by atoms with Gasteiger partial charge in [0.25, 0.3) is 0 Å². The minimum atomic E-state index is 0.317. The van der Waals surface area contributed by atoms with Crippen molar-refractivity contribution in [3.63, 3.8) is 0 Å². The van der Waals surface area contributed by atoms with Crippen LogP contribution in [0, 0.1) is 0 Å². The number of hydrogen-bond donors (Lipinski definition) is 1. The van der Waals surface area contributed by atoms with Crippen LogP contribution in [0.2, 0.25) is 0 Å². The Morgan fingerprint density at radius 1 is 1.31 bits per heavy atom. The lowest BCUT2D eigenvalue weighted by atomic mass is 9.97. The Kier molecular flexibility index (Phi) is 4.26. The Hall–Kier alpha value is -0.0800. The summed E-state index contributed by atoms with van der Waals surface area (Å²) in [6, 6.07) is 0.404. The zero-order valence-electron chi connectivity index (χ0n) is 10.7. The van der Waals surface area contributed by atoms with Gasteiger partial charge in [-0.3, -0.25) is 0 Å². The van der Waals surface area contributed by atoms with E-state index in [1.807, 2.05) is 0 Å². The number of rotatable bonds is 5. The number of nitrogens with two attached hydrogens (primary N) is 1. The molecule has 0 radical (unpaired) electrons. The predicted molar refractivity (Wildman–Crippen MR) is 67.4 cm³/mol. The maximum absolute atomic E-state index is 6.28. The zero-order chi connectivity index (χ0) is 11.4. The molecule has 1 heterocycles. The molecule has 2 N–H and O–H groups in total. The van der Waals surface area contributed by atoms with Crippen LogP contribution in [0.25, 0.3) is 0 Å². The molecule has 2 fully saturated rings. The minimum absolute atomic E-state index is 0.317. The van der Waals surface area contributed by atoms with E-state index in [2.05, 4.69) is 6.92 Å². The van der Waals surface area contributed by atoms with Gasteiger partial charge in [-0.15, -0.1) is 0 Å². The molecule has 1 aliphatic carbocycles. The third-order valence-electron chi connectivity index (χ3n) is 4.48. The molecule has 0 bridgehead atoms. The summed E-state index contributed by atoms with van der Waals surface area (Å²) in [6.07, 6.45) is 13.3. The van der Waals surface area contributed by atoms with Gasteiger partial charge >= 0.3 is 0 Å². The van der Waals surface area contributed by atoms with E-state index in [0.29, 0.717) is 17.7 Å². The van der Waals surface area contributed by atoms with E-state index in [0.717, 1.165) is 6.42 Å². The fourth-order valence-electron chi connectivity index (χ4n) is 3.30. The summed E-state index contributed by atoms with van der Waals surface area (Å²) >= 11 is 0. The SMILES string of the molecule is CCC(N)CCCC1CCC2(CCCC2)O1. The van der Waals surface area contributed by atoms with Crippen molar-refractivity contribution in [2.24, 2.45) is 5.73 Å². The molecule has 1 aliphatic heterocycles. The molecular formula is C14H27NO. The first-order valence-electron chi connectivity index (χ1n) is 7.17. The van der Waals surface area contributed by atoms with E-state index in [1.54, 1.807) is 0 Å². The van der Waals surface area contributed by atoms with Crippen molar-refractivity contribution < 1.29 is 4.74 Å². The van der Waals surface area contributed by atoms with Gasteiger partial charge in [0, 0.05) is 6.04 Å². The Bertz CT molecular complexity index is 211. The largest absolute Gasteiger partial charge is 0.372 e. The molecule has 0 aromatic heterocycles. The Morgan fingerprint density at radius 2 is 2.06 bits per heavy atom. The van der Waals surface area contributed by atoms with Gasteiger partial charge in [0.1, 0.15) is 0 Å². The molecule has 94 valence electrons. The second-order valence-corrected chi connectivity index (χ2v) is 5.77. The third-order valence-corrected chi connectivity index (χ3v) is 4.48. The Morgan fingerprint density at radius 3 is 2.75 bits per heavy atom. The van der Waals surface area contributed by atoms with Gasteiger partial charge in [-0.25, -0.2) is 0 Å². The van der Waals surface area contributed by atoms with Crippen LogP contribution in [0.15, 0.2) is 0 Å². The van der Waals surface area contributed by atoms with E-state index >= 15 is 0 Å². The smallest absolute Gasteiger partial charge is 0.0687 e. The molecule has 2 atom stereocenters. The van der Waals surface area contributed by atoms with Gasteiger partial charge in [0.05, 0.1) is 11.7 Å². The van der Waals surface area contributed by atoms with Crippen molar-refractivity contribution in [1.29, 1.82) is 0 Å². The first-order chi connectivity index (χ1) is 7.74. The summed E-state index contributed by atoms with van der Waals surface area (Å²) < 4.78 is 6.28. The summed E-state index contributed by atoms with van der Waals surface area (Å²) in [5, 5.41) is 0. The lowest BCUT2D eigenvalue weighted by molar-refractivity contribution is -0.0396. The van der Waals surface area contributed by atoms with Crippen LogP contribution in [0.3, 0.4) is 0 Å². The highest BCUT2D eigenvalue weighted by atomic mass is 16.5. The molecule has 16 heavy (non-hydrogen) atoms. The number of ether oxygens (including phenoxy) is 1. The lowest BCUT2D eigenvalue weighted by Gasteiger charge is -2.24. The zero-order valence-corrected chi connectivity index (χ0v) is 10.7. The van der Waals surface area contributed by atoms with E-state index in [9.17, 15) is 0 Å². The molecule has 1 saturated heterocycles. The molecule has 1 saturated carbocycles. The molecule has 0 aromatic carbocycles. The van der Waals surface area contributed by atoms with Crippen LogP contribution in [-0.4, -0.2) is 17.7 Å². The molecule has 2 heteroatoms. The van der Waals surface area contributed by atoms with E-state index < -0.39 is 0 Å². The Labute approximate surface area is 99.9 Å². The molecule has 0 amide bonds. The maximum Gasteiger partial charge on any atom is 0.0687 e. The first kappa shape index (κ1) is 12.4. The standard InChI is InChI=1S/C14H27NO/c1-2-12(15)6-5-7-13-8-11-14(16-13)9-3-4-10-14/h12-13H,2-11,15H2,1H3. The summed E-state index contributed by atoms with van der Waals surface area (Å²) in [5.41, 5.74) is 6.25. The maximum atomic E-state index is 6.28. The van der Waals surface area contributed by atoms with Gasteiger partial charge in [0.2, 0.25) is 0 Å². The van der Waals surface area contributed by atoms with Crippen molar-refractivity contribution >= 4 is 0 Å². The lowest BCUT2D eigenvalue weighted by Crippen LogP contribution is -2.25. The molecule has 2 aliphatic rings. The second-order valence-electron chi connectivity index (χ2n) is 5.77. The summed E-state index contributed by atoms with van der Waals surface area (Å²) in [4.78, 5) is 0. The molecule has 0 aromatic rings. The van der Waals surface area contributed by atoms with Crippen molar-refractivity contribution in [2.45, 2.75) is 88.9 Å². The highest BCUT2D eigenvalue weighted by molar-refractivity contribution is 4.92. The van der Waals surface area contributed by atoms with E-state index in [-0.39, 0.29) is 0 Å². The quantitative estimate of drug-likeness (QED) is 0.778. The van der Waals surface area contributed by atoms with Crippen LogP contribution in [0.4, 0.5) is 0 Å². The second kappa shape index (κ2) is 5.50. The fraction of sp³-hybridized carbons (Fsp3) is 1.00. The van der Waals surface area contributed by atoms with Gasteiger partial charge in [-0.1, -0.05) is 19.8 Å². The first-order valence-corrected chi connectivity index (χ1v) is 7.17. The van der Waals surface area contributed by atoms with Gasteiger partial charge < -0.3 is 10.5 Å². The molecule has 1 spiro atoms. The van der Waals surface area contributed by atoms with Crippen LogP contribution < -0.4 is 5.73 Å². The van der Waals surface area contributed by atoms with Crippen molar-refractivity contribution in [3.05, 3.63) is 0 Å². The van der Waals surface area contributed by atoms with Crippen LogP contribution in [0.1, 0.15) is 71.1 Å². The van der Waals surface area contributed by atoms with Crippen LogP contribution in [0.5, 0.6) is 0 Å². The molecule has 2 rings (SSSR count). The average Bonchev–Trinajstić information content (AvgIpc) is 2.90. The van der Waals surface area contributed by atoms with Gasteiger partial charge in [-0.05, 0) is 51.4 Å². The third kappa shape index (κ3) is 2.98. The summed E-state index contributed by atoms with van der Waals surface area (Å²) in [5.74, 6) is 0. The Balaban J connectivity index is 1.65. The van der Waals surface area contributed by atoms with Gasteiger partial charge in [0.15, 0.2) is 0 Å². The van der Waals surface area contributed by atoms with Crippen molar-refractivity contribution in [2.75, 3.05) is 0 Å². The van der Waals surface area contributed by atoms with Crippen LogP contribution >= 0.6 is 0 Å². The van der Waals surface area contributed by atoms with Gasteiger partial charge in [-0.2, -0.15) is 0 Å². The minimum Gasteiger partial charge on any atom is -0.372 e. The topological polar surface area (TPSA) is 35.2 Å². The predicted octanol–water partition coefficient (Wildman–Crippen LogP) is 3.39. The highest BCUT2D eigenvalue weighted by Gasteiger charge is 2.41. The number of hydrogen-bond acceptors (Lipinski definition) is 2. The summed E-state index contributed by atoms with van der Waals surface area (Å²) in [6.45, 7) is 2.17. The van der Waals surface area contributed by atoms with E-state index in [4.69, 9.17) is 10.5 Å². The van der Waals surface area contributed by atoms with Crippen molar-refractivity contribution in [3.8, 4) is 0 Å². The molecule has 2 unspecified atom stereocenters. The van der Waals surface area contributed by atoms with Crippen LogP contribution in [-0.2, 0) is 4.74 Å². The summed E-state index contributed by atoms with van der Waals surface area (Å²) in [7, 11) is 0. The van der Waals surface area contributed by atoms with E-state index in [1.165, 1.54) is 57.8 Å². The normalized spacial score (nSPS) is 30.0. The molecular weight excluding hydrogens is 198 g/mol.